The zero-order valence-electron chi connectivity index (χ0n) is 8.58. The van der Waals surface area contributed by atoms with Crippen LogP contribution in [0.4, 0.5) is 0 Å². The highest BCUT2D eigenvalue weighted by molar-refractivity contribution is 7.16. The molecule has 0 aliphatic rings. The maximum absolute atomic E-state index is 10.2. The number of aliphatic hydroxyl groups is 1. The second-order valence-electron chi connectivity index (χ2n) is 3.53. The normalized spacial score (nSPS) is 12.8. The van der Waals surface area contributed by atoms with Crippen molar-refractivity contribution in [2.75, 3.05) is 0 Å². The fourth-order valence-corrected chi connectivity index (χ4v) is 2.93. The molecule has 0 saturated carbocycles. The Kier molecular flexibility index (Phi) is 3.55. The van der Waals surface area contributed by atoms with Gasteiger partial charge in [-0.15, -0.1) is 11.3 Å². The summed E-state index contributed by atoms with van der Waals surface area (Å²) in [5.41, 5.74) is 1.69. The standard InChI is InChI=1S/C12H10Cl2OS/c1-7-6-10(16-12(7)14)11(15)8-4-2-3-5-9(8)13/h2-6,11,15H,1H3. The van der Waals surface area contributed by atoms with E-state index in [0.29, 0.717) is 14.9 Å². The number of hydrogen-bond donors (Lipinski definition) is 1. The molecule has 16 heavy (non-hydrogen) atoms. The highest BCUT2D eigenvalue weighted by Crippen LogP contribution is 2.35. The molecule has 0 aliphatic heterocycles. The molecule has 0 spiro atoms. The van der Waals surface area contributed by atoms with Crippen molar-refractivity contribution in [1.82, 2.24) is 0 Å². The molecule has 0 radical (unpaired) electrons. The second kappa shape index (κ2) is 4.76. The van der Waals surface area contributed by atoms with Crippen LogP contribution in [0.3, 0.4) is 0 Å². The smallest absolute Gasteiger partial charge is 0.115 e. The first-order valence-corrected chi connectivity index (χ1v) is 6.35. The van der Waals surface area contributed by atoms with E-state index in [1.807, 2.05) is 31.2 Å². The van der Waals surface area contributed by atoms with E-state index in [1.165, 1.54) is 11.3 Å². The van der Waals surface area contributed by atoms with Gasteiger partial charge in [0.15, 0.2) is 0 Å². The fourth-order valence-electron chi connectivity index (χ4n) is 1.47. The number of benzene rings is 1. The van der Waals surface area contributed by atoms with Gasteiger partial charge in [0.2, 0.25) is 0 Å². The SMILES string of the molecule is Cc1cc(C(O)c2ccccc2Cl)sc1Cl. The summed E-state index contributed by atoms with van der Waals surface area (Å²) in [6.07, 6.45) is -0.704. The molecule has 1 aromatic carbocycles. The topological polar surface area (TPSA) is 20.2 Å². The van der Waals surface area contributed by atoms with E-state index < -0.39 is 6.10 Å². The third kappa shape index (κ3) is 2.25. The van der Waals surface area contributed by atoms with Crippen LogP contribution >= 0.6 is 34.5 Å². The van der Waals surface area contributed by atoms with E-state index in [2.05, 4.69) is 0 Å². The minimum atomic E-state index is -0.704. The lowest BCUT2D eigenvalue weighted by atomic mass is 10.1. The Balaban J connectivity index is 2.39. The maximum atomic E-state index is 10.2. The first-order valence-electron chi connectivity index (χ1n) is 4.78. The molecule has 1 aromatic heterocycles. The van der Waals surface area contributed by atoms with E-state index in [-0.39, 0.29) is 0 Å². The molecule has 0 amide bonds. The highest BCUT2D eigenvalue weighted by Gasteiger charge is 2.16. The van der Waals surface area contributed by atoms with Crippen molar-refractivity contribution < 1.29 is 5.11 Å². The summed E-state index contributed by atoms with van der Waals surface area (Å²) < 4.78 is 0.709. The average molecular weight is 273 g/mol. The molecule has 84 valence electrons. The third-order valence-electron chi connectivity index (χ3n) is 2.35. The second-order valence-corrected chi connectivity index (χ2v) is 5.62. The van der Waals surface area contributed by atoms with Gasteiger partial charge in [0.05, 0.1) is 4.34 Å². The van der Waals surface area contributed by atoms with E-state index >= 15 is 0 Å². The van der Waals surface area contributed by atoms with Crippen molar-refractivity contribution in [3.8, 4) is 0 Å². The molecule has 2 aromatic rings. The highest BCUT2D eigenvalue weighted by atomic mass is 35.5. The zero-order valence-corrected chi connectivity index (χ0v) is 10.9. The molecular weight excluding hydrogens is 263 g/mol. The maximum Gasteiger partial charge on any atom is 0.115 e. The van der Waals surface area contributed by atoms with Crippen LogP contribution in [0.5, 0.6) is 0 Å². The summed E-state index contributed by atoms with van der Waals surface area (Å²) in [5.74, 6) is 0. The predicted octanol–water partition coefficient (Wildman–Crippen LogP) is 4.45. The Morgan fingerprint density at radius 2 is 1.94 bits per heavy atom. The molecule has 1 atom stereocenters. The third-order valence-corrected chi connectivity index (χ3v) is 4.30. The average Bonchev–Trinajstić information content (AvgIpc) is 2.59. The van der Waals surface area contributed by atoms with Gasteiger partial charge in [0.25, 0.3) is 0 Å². The molecule has 4 heteroatoms. The lowest BCUT2D eigenvalue weighted by Crippen LogP contribution is -1.97. The molecule has 0 fully saturated rings. The Hall–Kier alpha value is -0.540. The van der Waals surface area contributed by atoms with Gasteiger partial charge in [-0.3, -0.25) is 0 Å². The van der Waals surface area contributed by atoms with Gasteiger partial charge in [0.1, 0.15) is 6.10 Å². The Labute approximate surface area is 108 Å². The minimum absolute atomic E-state index is 0.567. The van der Waals surface area contributed by atoms with Crippen molar-refractivity contribution >= 4 is 34.5 Å². The van der Waals surface area contributed by atoms with Gasteiger partial charge >= 0.3 is 0 Å². The van der Waals surface area contributed by atoms with Crippen LogP contribution in [-0.4, -0.2) is 5.11 Å². The van der Waals surface area contributed by atoms with Crippen LogP contribution in [0.15, 0.2) is 30.3 Å². The van der Waals surface area contributed by atoms with Gasteiger partial charge in [0, 0.05) is 15.5 Å². The molecule has 0 bridgehead atoms. The zero-order chi connectivity index (χ0) is 11.7. The molecular formula is C12H10Cl2OS. The van der Waals surface area contributed by atoms with Crippen molar-refractivity contribution in [2.45, 2.75) is 13.0 Å². The largest absolute Gasteiger partial charge is 0.383 e. The lowest BCUT2D eigenvalue weighted by molar-refractivity contribution is 0.224. The predicted molar refractivity (Wildman–Crippen MR) is 69.6 cm³/mol. The molecule has 0 saturated heterocycles. The summed E-state index contributed by atoms with van der Waals surface area (Å²) in [7, 11) is 0. The van der Waals surface area contributed by atoms with Crippen molar-refractivity contribution in [1.29, 1.82) is 0 Å². The fraction of sp³-hybridized carbons (Fsp3) is 0.167. The van der Waals surface area contributed by atoms with Crippen molar-refractivity contribution in [2.24, 2.45) is 0 Å². The monoisotopic (exact) mass is 272 g/mol. The molecule has 1 nitrogen and oxygen atoms in total. The van der Waals surface area contributed by atoms with E-state index in [9.17, 15) is 5.11 Å². The summed E-state index contributed by atoms with van der Waals surface area (Å²) in [6.45, 7) is 1.92. The van der Waals surface area contributed by atoms with E-state index in [4.69, 9.17) is 23.2 Å². The van der Waals surface area contributed by atoms with Gasteiger partial charge < -0.3 is 5.11 Å². The van der Waals surface area contributed by atoms with Gasteiger partial charge in [-0.05, 0) is 24.6 Å². The van der Waals surface area contributed by atoms with Crippen LogP contribution < -0.4 is 0 Å². The molecule has 0 aliphatic carbocycles. The summed E-state index contributed by atoms with van der Waals surface area (Å²) in [5, 5.41) is 10.7. The number of halogens is 2. The number of aryl methyl sites for hydroxylation is 1. The van der Waals surface area contributed by atoms with E-state index in [1.54, 1.807) is 6.07 Å². The molecule has 2 rings (SSSR count). The van der Waals surface area contributed by atoms with Crippen LogP contribution in [0.1, 0.15) is 22.1 Å². The van der Waals surface area contributed by atoms with Crippen molar-refractivity contribution in [3.05, 3.63) is 55.7 Å². The lowest BCUT2D eigenvalue weighted by Gasteiger charge is -2.10. The summed E-state index contributed by atoms with van der Waals surface area (Å²) >= 11 is 13.4. The van der Waals surface area contributed by atoms with Gasteiger partial charge in [-0.1, -0.05) is 41.4 Å². The minimum Gasteiger partial charge on any atom is -0.383 e. The van der Waals surface area contributed by atoms with Crippen LogP contribution in [0, 0.1) is 6.92 Å². The number of hydrogen-bond acceptors (Lipinski definition) is 2. The van der Waals surface area contributed by atoms with Gasteiger partial charge in [-0.2, -0.15) is 0 Å². The first-order chi connectivity index (χ1) is 7.59. The summed E-state index contributed by atoms with van der Waals surface area (Å²) in [4.78, 5) is 0.815. The Morgan fingerprint density at radius 3 is 2.50 bits per heavy atom. The Morgan fingerprint density at radius 1 is 1.25 bits per heavy atom. The van der Waals surface area contributed by atoms with Crippen molar-refractivity contribution in [3.63, 3.8) is 0 Å². The number of rotatable bonds is 2. The summed E-state index contributed by atoms with van der Waals surface area (Å²) in [6, 6.07) is 9.16. The van der Waals surface area contributed by atoms with Gasteiger partial charge in [-0.25, -0.2) is 0 Å². The first kappa shape index (κ1) is 11.9. The van der Waals surface area contributed by atoms with Crippen LogP contribution in [-0.2, 0) is 0 Å². The quantitative estimate of drug-likeness (QED) is 0.857. The van der Waals surface area contributed by atoms with Crippen LogP contribution in [0.2, 0.25) is 9.36 Å². The Bertz CT molecular complexity index is 488. The molecule has 1 heterocycles. The van der Waals surface area contributed by atoms with Crippen LogP contribution in [0.25, 0.3) is 0 Å². The van der Waals surface area contributed by atoms with E-state index in [0.717, 1.165) is 10.4 Å². The number of thiophene rings is 1. The number of aliphatic hydroxyl groups excluding tert-OH is 1. The molecule has 1 N–H and O–H groups in total. The molecule has 1 unspecified atom stereocenters.